The van der Waals surface area contributed by atoms with Gasteiger partial charge in [-0.05, 0) is 68.7 Å². The minimum atomic E-state index is -4.15. The molecule has 0 unspecified atom stereocenters. The zero-order chi connectivity index (χ0) is 22.2. The molecule has 0 radical (unpaired) electrons. The standard InChI is InChI=1S/C22H24N2O5S/c1-13-10-14(2)20(15(3)11-13)23-19(25)12-24-22(26)16(4)21(30(24,27)28)17-6-8-18(29-5)9-7-17/h6-11H,12H2,1-5H3,(H,23,25). The number of hydrogen-bond acceptors (Lipinski definition) is 5. The van der Waals surface area contributed by atoms with Crippen LogP contribution in [0.1, 0.15) is 29.2 Å². The van der Waals surface area contributed by atoms with Crippen molar-refractivity contribution in [2.75, 3.05) is 19.0 Å². The molecule has 0 saturated carbocycles. The van der Waals surface area contributed by atoms with Crippen LogP contribution < -0.4 is 10.1 Å². The second kappa shape index (κ2) is 7.95. The first-order chi connectivity index (χ1) is 14.1. The minimum Gasteiger partial charge on any atom is -0.497 e. The fourth-order valence-corrected chi connectivity index (χ4v) is 5.42. The van der Waals surface area contributed by atoms with Gasteiger partial charge in [0.05, 0.1) is 7.11 Å². The number of sulfonamides is 1. The number of nitrogens with one attached hydrogen (secondary N) is 1. The number of hydrogen-bond donors (Lipinski definition) is 1. The number of benzene rings is 2. The lowest BCUT2D eigenvalue weighted by atomic mass is 10.1. The van der Waals surface area contributed by atoms with E-state index in [2.05, 4.69) is 5.32 Å². The first-order valence-corrected chi connectivity index (χ1v) is 10.8. The van der Waals surface area contributed by atoms with Crippen molar-refractivity contribution in [2.24, 2.45) is 0 Å². The molecule has 1 aliphatic heterocycles. The summed E-state index contributed by atoms with van der Waals surface area (Å²) >= 11 is 0. The number of amides is 2. The average molecular weight is 429 g/mol. The lowest BCUT2D eigenvalue weighted by Gasteiger charge is -2.18. The fourth-order valence-electron chi connectivity index (χ4n) is 3.65. The van der Waals surface area contributed by atoms with E-state index in [1.54, 1.807) is 24.3 Å². The minimum absolute atomic E-state index is 0.0793. The number of nitrogens with zero attached hydrogens (tertiary/aromatic N) is 1. The maximum Gasteiger partial charge on any atom is 0.268 e. The van der Waals surface area contributed by atoms with E-state index in [-0.39, 0.29) is 10.5 Å². The van der Waals surface area contributed by atoms with Gasteiger partial charge in [0, 0.05) is 11.3 Å². The van der Waals surface area contributed by atoms with E-state index in [9.17, 15) is 18.0 Å². The highest BCUT2D eigenvalue weighted by Crippen LogP contribution is 2.36. The van der Waals surface area contributed by atoms with Crippen LogP contribution in [0.25, 0.3) is 4.91 Å². The number of carbonyl (C=O) groups is 2. The van der Waals surface area contributed by atoms with Crippen molar-refractivity contribution >= 4 is 32.4 Å². The summed E-state index contributed by atoms with van der Waals surface area (Å²) in [6, 6.07) is 10.2. The van der Waals surface area contributed by atoms with Gasteiger partial charge in [-0.15, -0.1) is 0 Å². The van der Waals surface area contributed by atoms with Gasteiger partial charge in [0.2, 0.25) is 5.91 Å². The SMILES string of the molecule is COc1ccc(C2=C(C)C(=O)N(CC(=O)Nc3c(C)cc(C)cc3C)S2(=O)=O)cc1. The van der Waals surface area contributed by atoms with E-state index in [0.717, 1.165) is 16.7 Å². The molecular formula is C22H24N2O5S. The second-order valence-corrected chi connectivity index (χ2v) is 9.12. The molecule has 2 aromatic rings. The molecule has 8 heteroatoms. The Kier molecular flexibility index (Phi) is 5.72. The first-order valence-electron chi connectivity index (χ1n) is 9.36. The Morgan fingerprint density at radius 3 is 2.13 bits per heavy atom. The summed E-state index contributed by atoms with van der Waals surface area (Å²) in [6.07, 6.45) is 0. The first kappa shape index (κ1) is 21.6. The lowest BCUT2D eigenvalue weighted by molar-refractivity contribution is -0.126. The molecule has 3 rings (SSSR count). The number of carbonyl (C=O) groups excluding carboxylic acids is 2. The zero-order valence-electron chi connectivity index (χ0n) is 17.6. The van der Waals surface area contributed by atoms with E-state index in [0.29, 0.717) is 21.3 Å². The molecule has 0 atom stereocenters. The molecule has 0 bridgehead atoms. The molecule has 0 fully saturated rings. The molecule has 2 amide bonds. The summed E-state index contributed by atoms with van der Waals surface area (Å²) in [6.45, 7) is 6.54. The Morgan fingerprint density at radius 1 is 1.03 bits per heavy atom. The predicted octanol–water partition coefficient (Wildman–Crippen LogP) is 3.16. The third-order valence-electron chi connectivity index (χ3n) is 5.02. The Hall–Kier alpha value is -3.13. The van der Waals surface area contributed by atoms with Gasteiger partial charge in [0.1, 0.15) is 17.2 Å². The normalized spacial score (nSPS) is 15.5. The molecule has 1 heterocycles. The van der Waals surface area contributed by atoms with Crippen LogP contribution in [0, 0.1) is 20.8 Å². The maximum absolute atomic E-state index is 13.1. The highest BCUT2D eigenvalue weighted by molar-refractivity contribution is 7.99. The highest BCUT2D eigenvalue weighted by atomic mass is 32.2. The van der Waals surface area contributed by atoms with Crippen molar-refractivity contribution < 1.29 is 22.7 Å². The van der Waals surface area contributed by atoms with Gasteiger partial charge in [-0.25, -0.2) is 12.7 Å². The molecule has 158 valence electrons. The Balaban J connectivity index is 1.86. The molecule has 0 aliphatic carbocycles. The number of anilines is 1. The van der Waals surface area contributed by atoms with Crippen LogP contribution in [-0.4, -0.2) is 38.2 Å². The molecular weight excluding hydrogens is 404 g/mol. The Labute approximate surface area is 176 Å². The average Bonchev–Trinajstić information content (AvgIpc) is 2.84. The highest BCUT2D eigenvalue weighted by Gasteiger charge is 2.43. The van der Waals surface area contributed by atoms with Crippen molar-refractivity contribution in [2.45, 2.75) is 27.7 Å². The smallest absolute Gasteiger partial charge is 0.268 e. The predicted molar refractivity (Wildman–Crippen MR) is 116 cm³/mol. The molecule has 30 heavy (non-hydrogen) atoms. The second-order valence-electron chi connectivity index (χ2n) is 7.32. The molecule has 0 spiro atoms. The van der Waals surface area contributed by atoms with Crippen LogP contribution in [0.15, 0.2) is 42.0 Å². The van der Waals surface area contributed by atoms with Gasteiger partial charge in [0.15, 0.2) is 0 Å². The largest absolute Gasteiger partial charge is 0.497 e. The summed E-state index contributed by atoms with van der Waals surface area (Å²) in [5.41, 5.74) is 3.86. The van der Waals surface area contributed by atoms with Gasteiger partial charge in [-0.3, -0.25) is 9.59 Å². The van der Waals surface area contributed by atoms with Crippen molar-refractivity contribution in [3.63, 3.8) is 0 Å². The molecule has 1 N–H and O–H groups in total. The van der Waals surface area contributed by atoms with Crippen LogP contribution in [0.3, 0.4) is 0 Å². The van der Waals surface area contributed by atoms with E-state index < -0.39 is 28.4 Å². The summed E-state index contributed by atoms with van der Waals surface area (Å²) in [7, 11) is -2.64. The van der Waals surface area contributed by atoms with Gasteiger partial charge < -0.3 is 10.1 Å². The van der Waals surface area contributed by atoms with Gasteiger partial charge >= 0.3 is 0 Å². The maximum atomic E-state index is 13.1. The van der Waals surface area contributed by atoms with Crippen LogP contribution in [0.4, 0.5) is 5.69 Å². The van der Waals surface area contributed by atoms with E-state index in [1.165, 1.54) is 14.0 Å². The molecule has 0 aromatic heterocycles. The molecule has 2 aromatic carbocycles. The number of ether oxygens (including phenoxy) is 1. The molecule has 0 saturated heterocycles. The number of aryl methyl sites for hydroxylation is 3. The van der Waals surface area contributed by atoms with Crippen molar-refractivity contribution in [1.29, 1.82) is 0 Å². The lowest BCUT2D eigenvalue weighted by Crippen LogP contribution is -2.38. The van der Waals surface area contributed by atoms with Crippen molar-refractivity contribution in [3.8, 4) is 5.75 Å². The summed E-state index contributed by atoms with van der Waals surface area (Å²) in [4.78, 5) is 25.2. The number of methoxy groups -OCH3 is 1. The van der Waals surface area contributed by atoms with Crippen LogP contribution in [0.5, 0.6) is 5.75 Å². The van der Waals surface area contributed by atoms with Gasteiger partial charge in [0.25, 0.3) is 15.9 Å². The summed E-state index contributed by atoms with van der Waals surface area (Å²) in [5.74, 6) is -0.710. The van der Waals surface area contributed by atoms with Gasteiger partial charge in [-0.1, -0.05) is 17.7 Å². The summed E-state index contributed by atoms with van der Waals surface area (Å²) in [5, 5.41) is 2.74. The topological polar surface area (TPSA) is 92.8 Å². The number of rotatable bonds is 5. The van der Waals surface area contributed by atoms with Gasteiger partial charge in [-0.2, -0.15) is 0 Å². The van der Waals surface area contributed by atoms with E-state index in [1.807, 2.05) is 32.9 Å². The Morgan fingerprint density at radius 2 is 1.60 bits per heavy atom. The molecule has 1 aliphatic rings. The molecule has 7 nitrogen and oxygen atoms in total. The Bertz CT molecular complexity index is 1140. The fraction of sp³-hybridized carbons (Fsp3) is 0.273. The summed E-state index contributed by atoms with van der Waals surface area (Å²) < 4.78 is 31.9. The third kappa shape index (κ3) is 3.82. The zero-order valence-corrected chi connectivity index (χ0v) is 18.4. The van der Waals surface area contributed by atoms with E-state index in [4.69, 9.17) is 4.74 Å². The van der Waals surface area contributed by atoms with Crippen molar-refractivity contribution in [1.82, 2.24) is 4.31 Å². The van der Waals surface area contributed by atoms with Crippen LogP contribution >= 0.6 is 0 Å². The van der Waals surface area contributed by atoms with E-state index >= 15 is 0 Å². The monoisotopic (exact) mass is 428 g/mol. The quantitative estimate of drug-likeness (QED) is 0.790. The van der Waals surface area contributed by atoms with Crippen molar-refractivity contribution in [3.05, 3.63) is 64.2 Å². The third-order valence-corrected chi connectivity index (χ3v) is 6.95. The van der Waals surface area contributed by atoms with Crippen LogP contribution in [0.2, 0.25) is 0 Å². The van der Waals surface area contributed by atoms with Crippen LogP contribution in [-0.2, 0) is 19.6 Å².